The summed E-state index contributed by atoms with van der Waals surface area (Å²) in [5.41, 5.74) is 11.3. The lowest BCUT2D eigenvalue weighted by molar-refractivity contribution is 0.0698. The number of carboxylic acids is 1. The fraction of sp³-hybridized carbons (Fsp3) is 0.0500. The Morgan fingerprint density at radius 3 is 2.30 bits per heavy atom. The van der Waals surface area contributed by atoms with Gasteiger partial charge < -0.3 is 26.4 Å². The smallest absolute Gasteiger partial charge is 0.337 e. The van der Waals surface area contributed by atoms with Crippen LogP contribution in [0.2, 0.25) is 0 Å². The van der Waals surface area contributed by atoms with Crippen LogP contribution < -0.4 is 20.5 Å². The second-order valence-corrected chi connectivity index (χ2v) is 8.02. The average Bonchev–Trinajstić information content (AvgIpc) is 2.71. The van der Waals surface area contributed by atoms with Gasteiger partial charge in [0.15, 0.2) is 0 Å². The molecule has 6 N–H and O–H groups in total. The number of aromatic carboxylic acids is 1. The molecule has 0 spiro atoms. The third kappa shape index (κ3) is 3.67. The summed E-state index contributed by atoms with van der Waals surface area (Å²) in [6.45, 7) is 0. The molecule has 10 heteroatoms. The van der Waals surface area contributed by atoms with Crippen molar-refractivity contribution in [1.29, 1.82) is 0 Å². The number of phenols is 1. The van der Waals surface area contributed by atoms with Crippen LogP contribution in [-0.4, -0.2) is 31.7 Å². The van der Waals surface area contributed by atoms with Gasteiger partial charge in [-0.15, -0.1) is 0 Å². The molecule has 0 saturated carbocycles. The van der Waals surface area contributed by atoms with E-state index in [1.165, 1.54) is 43.5 Å². The van der Waals surface area contributed by atoms with Crippen molar-refractivity contribution in [2.75, 3.05) is 22.9 Å². The van der Waals surface area contributed by atoms with Gasteiger partial charge in [0.25, 0.3) is 10.0 Å². The summed E-state index contributed by atoms with van der Waals surface area (Å²) in [4.78, 5) is 11.5. The summed E-state index contributed by atoms with van der Waals surface area (Å²) in [5.74, 6) is -1.29. The zero-order chi connectivity index (χ0) is 22.1. The van der Waals surface area contributed by atoms with Crippen LogP contribution in [0.25, 0.3) is 0 Å². The van der Waals surface area contributed by atoms with Gasteiger partial charge in [0.05, 0.1) is 40.3 Å². The van der Waals surface area contributed by atoms with Gasteiger partial charge in [-0.25, -0.2) is 17.5 Å². The number of aromatic hydroxyl groups is 1. The predicted molar refractivity (Wildman–Crippen MR) is 113 cm³/mol. The van der Waals surface area contributed by atoms with Crippen molar-refractivity contribution < 1.29 is 28.2 Å². The summed E-state index contributed by atoms with van der Waals surface area (Å²) in [7, 11) is -3.00. The molecule has 156 valence electrons. The highest BCUT2D eigenvalue weighted by Gasteiger charge is 2.32. The number of rotatable bonds is 6. The molecule has 0 heterocycles. The number of nitrogen functional groups attached to an aromatic ring is 2. The number of hydrogen-bond acceptors (Lipinski definition) is 7. The Morgan fingerprint density at radius 2 is 1.67 bits per heavy atom. The average molecular weight is 429 g/mol. The Hall–Kier alpha value is -3.92. The van der Waals surface area contributed by atoms with Gasteiger partial charge in [-0.2, -0.15) is 0 Å². The largest absolute Gasteiger partial charge is 0.506 e. The van der Waals surface area contributed by atoms with Crippen LogP contribution in [0, 0.1) is 0 Å². The van der Waals surface area contributed by atoms with E-state index in [-0.39, 0.29) is 39.0 Å². The van der Waals surface area contributed by atoms with Gasteiger partial charge in [0, 0.05) is 6.07 Å². The monoisotopic (exact) mass is 429 g/mol. The normalized spacial score (nSPS) is 11.1. The van der Waals surface area contributed by atoms with E-state index in [1.54, 1.807) is 6.07 Å². The SMILES string of the molecule is COc1ccc(N)c(N(c2ccccc2C(=O)O)S(=O)(=O)c2ccc(O)c(N)c2)c1. The molecular weight excluding hydrogens is 410 g/mol. The number of nitrogens with zero attached hydrogens (tertiary/aromatic N) is 1. The fourth-order valence-corrected chi connectivity index (χ4v) is 4.41. The first-order valence-electron chi connectivity index (χ1n) is 8.56. The molecule has 0 atom stereocenters. The number of methoxy groups -OCH3 is 1. The van der Waals surface area contributed by atoms with Crippen molar-refractivity contribution in [3.8, 4) is 11.5 Å². The zero-order valence-electron chi connectivity index (χ0n) is 15.8. The van der Waals surface area contributed by atoms with Gasteiger partial charge in [-0.05, 0) is 42.5 Å². The molecule has 0 amide bonds. The van der Waals surface area contributed by atoms with Gasteiger partial charge in [0.1, 0.15) is 11.5 Å². The van der Waals surface area contributed by atoms with Crippen molar-refractivity contribution in [2.45, 2.75) is 4.90 Å². The van der Waals surface area contributed by atoms with E-state index in [4.69, 9.17) is 16.2 Å². The van der Waals surface area contributed by atoms with Crippen LogP contribution >= 0.6 is 0 Å². The maximum Gasteiger partial charge on any atom is 0.337 e. The Kier molecular flexibility index (Phi) is 5.43. The summed E-state index contributed by atoms with van der Waals surface area (Å²) >= 11 is 0. The second kappa shape index (κ2) is 7.84. The van der Waals surface area contributed by atoms with Crippen LogP contribution in [0.15, 0.2) is 65.6 Å². The fourth-order valence-electron chi connectivity index (χ4n) is 2.85. The van der Waals surface area contributed by atoms with Crippen molar-refractivity contribution in [1.82, 2.24) is 0 Å². The zero-order valence-corrected chi connectivity index (χ0v) is 16.6. The van der Waals surface area contributed by atoms with Crippen LogP contribution in [0.4, 0.5) is 22.7 Å². The lowest BCUT2D eigenvalue weighted by Gasteiger charge is -2.27. The highest BCUT2D eigenvalue weighted by atomic mass is 32.2. The molecule has 0 aromatic heterocycles. The minimum absolute atomic E-state index is 0.00491. The number of carbonyl (C=O) groups is 1. The van der Waals surface area contributed by atoms with Gasteiger partial charge in [-0.3, -0.25) is 0 Å². The third-order valence-electron chi connectivity index (χ3n) is 4.35. The number of phenolic OH excluding ortho intramolecular Hbond substituents is 1. The summed E-state index contributed by atoms with van der Waals surface area (Å²) in [5, 5.41) is 19.3. The maximum atomic E-state index is 13.6. The van der Waals surface area contributed by atoms with E-state index in [0.29, 0.717) is 5.75 Å². The second-order valence-electron chi connectivity index (χ2n) is 6.24. The third-order valence-corrected chi connectivity index (χ3v) is 6.07. The molecule has 0 bridgehead atoms. The number of carboxylic acid groups (broad SMARTS) is 1. The lowest BCUT2D eigenvalue weighted by Crippen LogP contribution is -2.28. The molecule has 0 unspecified atom stereocenters. The highest BCUT2D eigenvalue weighted by molar-refractivity contribution is 7.93. The summed E-state index contributed by atoms with van der Waals surface area (Å²) < 4.78 is 33.2. The number of para-hydroxylation sites is 1. The summed E-state index contributed by atoms with van der Waals surface area (Å²) in [6, 6.07) is 13.4. The minimum atomic E-state index is -4.41. The number of nitrogens with two attached hydrogens (primary N) is 2. The molecule has 0 fully saturated rings. The molecule has 3 aromatic carbocycles. The van der Waals surface area contributed by atoms with E-state index >= 15 is 0 Å². The number of anilines is 4. The predicted octanol–water partition coefficient (Wildman–Crippen LogP) is 2.79. The summed E-state index contributed by atoms with van der Waals surface area (Å²) in [6.07, 6.45) is 0. The minimum Gasteiger partial charge on any atom is -0.506 e. The van der Waals surface area contributed by atoms with Crippen LogP contribution in [0.1, 0.15) is 10.4 Å². The van der Waals surface area contributed by atoms with Crippen molar-refractivity contribution in [3.05, 3.63) is 66.2 Å². The molecule has 0 saturated heterocycles. The van der Waals surface area contributed by atoms with Gasteiger partial charge in [-0.1, -0.05) is 12.1 Å². The van der Waals surface area contributed by atoms with E-state index in [2.05, 4.69) is 0 Å². The first-order valence-corrected chi connectivity index (χ1v) is 10.0. The molecule has 0 aliphatic carbocycles. The standard InChI is InChI=1S/C20H19N3O6S/c1-29-12-6-8-15(21)18(10-12)23(17-5-3-2-4-14(17)20(25)26)30(27,28)13-7-9-19(24)16(22)11-13/h2-11,24H,21-22H2,1H3,(H,25,26). The topological polar surface area (TPSA) is 156 Å². The first kappa shape index (κ1) is 20.8. The number of sulfonamides is 1. The van der Waals surface area contributed by atoms with E-state index in [0.717, 1.165) is 22.5 Å². The van der Waals surface area contributed by atoms with E-state index < -0.39 is 16.0 Å². The van der Waals surface area contributed by atoms with Crippen LogP contribution in [0.5, 0.6) is 11.5 Å². The van der Waals surface area contributed by atoms with E-state index in [9.17, 15) is 23.4 Å². The number of benzene rings is 3. The van der Waals surface area contributed by atoms with Crippen molar-refractivity contribution in [2.24, 2.45) is 0 Å². The number of ether oxygens (including phenoxy) is 1. The Bertz CT molecular complexity index is 1230. The Morgan fingerprint density at radius 1 is 0.967 bits per heavy atom. The van der Waals surface area contributed by atoms with Gasteiger partial charge >= 0.3 is 5.97 Å². The van der Waals surface area contributed by atoms with E-state index in [1.807, 2.05) is 0 Å². The quantitative estimate of drug-likeness (QED) is 0.344. The molecule has 9 nitrogen and oxygen atoms in total. The van der Waals surface area contributed by atoms with Gasteiger partial charge in [0.2, 0.25) is 0 Å². The highest BCUT2D eigenvalue weighted by Crippen LogP contribution is 2.40. The Labute approximate surface area is 172 Å². The Balaban J connectivity index is 2.36. The van der Waals surface area contributed by atoms with Crippen LogP contribution in [0.3, 0.4) is 0 Å². The lowest BCUT2D eigenvalue weighted by atomic mass is 10.1. The number of hydrogen-bond donors (Lipinski definition) is 4. The molecule has 3 aromatic rings. The van der Waals surface area contributed by atoms with Crippen molar-refractivity contribution in [3.63, 3.8) is 0 Å². The first-order chi connectivity index (χ1) is 14.2. The molecule has 30 heavy (non-hydrogen) atoms. The molecular formula is C20H19N3O6S. The molecule has 0 radical (unpaired) electrons. The van der Waals surface area contributed by atoms with Crippen LogP contribution in [-0.2, 0) is 10.0 Å². The maximum absolute atomic E-state index is 13.6. The van der Waals surface area contributed by atoms with Crippen molar-refractivity contribution >= 4 is 38.7 Å². The molecule has 0 aliphatic rings. The molecule has 3 rings (SSSR count). The molecule has 0 aliphatic heterocycles.